The zero-order chi connectivity index (χ0) is 19.6. The van der Waals surface area contributed by atoms with E-state index in [2.05, 4.69) is 26.8 Å². The summed E-state index contributed by atoms with van der Waals surface area (Å²) in [6.07, 6.45) is 6.72. The summed E-state index contributed by atoms with van der Waals surface area (Å²) in [5.41, 5.74) is 1.00. The molecule has 1 aliphatic heterocycles. The first kappa shape index (κ1) is 19.6. The van der Waals surface area contributed by atoms with E-state index in [1.807, 2.05) is 0 Å². The number of epoxide rings is 1. The molecule has 0 radical (unpaired) electrons. The maximum atomic E-state index is 10.8. The molecule has 0 aromatic carbocycles. The molecule has 0 bridgehead atoms. The first-order valence-corrected chi connectivity index (χ1v) is 10.3. The molecule has 0 aromatic rings. The summed E-state index contributed by atoms with van der Waals surface area (Å²) in [5, 5.41) is 40.7. The predicted octanol–water partition coefficient (Wildman–Crippen LogP) is 1.94. The molecule has 0 spiro atoms. The zero-order valence-corrected chi connectivity index (χ0v) is 16.7. The van der Waals surface area contributed by atoms with Gasteiger partial charge in [-0.15, -0.1) is 0 Å². The average Bonchev–Trinajstić information content (AvgIpc) is 3.38. The van der Waals surface area contributed by atoms with E-state index < -0.39 is 23.9 Å². The van der Waals surface area contributed by atoms with Crippen LogP contribution in [0.2, 0.25) is 0 Å². The first-order valence-electron chi connectivity index (χ1n) is 10.3. The standard InChI is InChI=1S/C22H34O5/c1-13-5-6-16-20(2,12-24)7-4-8-21(16,3)15(13)10-22-17(25)9-14(11-23)18(26)19(22)27-22/h5,9,15-19,23-26H,4,6-8,10-12H2,1-3H3/t15-,16-,17-,18+,19+,20+,21-,22-/m1/s1. The third kappa shape index (κ3) is 2.70. The second-order valence-electron chi connectivity index (χ2n) is 9.95. The Morgan fingerprint density at radius 3 is 2.59 bits per heavy atom. The quantitative estimate of drug-likeness (QED) is 0.443. The molecule has 1 heterocycles. The molecule has 4 rings (SSSR count). The van der Waals surface area contributed by atoms with Gasteiger partial charge in [-0.2, -0.15) is 0 Å². The SMILES string of the molecule is CC1=CC[C@@H]2[C@](C)(CO)CCC[C@]2(C)[C@@H]1C[C@]12O[C@H]1[C@@H](O)C(CO)=C[C@H]2O. The van der Waals surface area contributed by atoms with Crippen molar-refractivity contribution in [1.29, 1.82) is 0 Å². The maximum absolute atomic E-state index is 10.8. The molecular weight excluding hydrogens is 344 g/mol. The second kappa shape index (κ2) is 6.39. The highest BCUT2D eigenvalue weighted by atomic mass is 16.6. The Kier molecular flexibility index (Phi) is 4.64. The number of hydrogen-bond acceptors (Lipinski definition) is 5. The van der Waals surface area contributed by atoms with Crippen LogP contribution in [0.1, 0.15) is 52.9 Å². The predicted molar refractivity (Wildman–Crippen MR) is 102 cm³/mol. The molecule has 1 saturated heterocycles. The Morgan fingerprint density at radius 1 is 1.19 bits per heavy atom. The van der Waals surface area contributed by atoms with E-state index >= 15 is 0 Å². The third-order valence-electron chi connectivity index (χ3n) is 8.50. The smallest absolute Gasteiger partial charge is 0.128 e. The van der Waals surface area contributed by atoms with Crippen molar-refractivity contribution in [3.63, 3.8) is 0 Å². The molecule has 5 nitrogen and oxygen atoms in total. The van der Waals surface area contributed by atoms with Crippen molar-refractivity contribution < 1.29 is 25.2 Å². The van der Waals surface area contributed by atoms with Gasteiger partial charge in [-0.1, -0.05) is 31.9 Å². The van der Waals surface area contributed by atoms with Crippen molar-refractivity contribution in [2.45, 2.75) is 76.8 Å². The van der Waals surface area contributed by atoms with Crippen LogP contribution >= 0.6 is 0 Å². The van der Waals surface area contributed by atoms with Gasteiger partial charge in [0, 0.05) is 6.61 Å². The van der Waals surface area contributed by atoms with Gasteiger partial charge in [-0.05, 0) is 66.9 Å². The molecular formula is C22H34O5. The average molecular weight is 379 g/mol. The molecule has 1 saturated carbocycles. The van der Waals surface area contributed by atoms with E-state index in [0.717, 1.165) is 25.7 Å². The highest BCUT2D eigenvalue weighted by Gasteiger charge is 2.68. The molecule has 27 heavy (non-hydrogen) atoms. The summed E-state index contributed by atoms with van der Waals surface area (Å²) >= 11 is 0. The molecule has 2 fully saturated rings. The molecule has 0 aromatic heterocycles. The second-order valence-corrected chi connectivity index (χ2v) is 9.95. The van der Waals surface area contributed by atoms with Gasteiger partial charge in [0.2, 0.25) is 0 Å². The molecule has 3 aliphatic carbocycles. The van der Waals surface area contributed by atoms with Gasteiger partial charge < -0.3 is 25.2 Å². The Labute approximate surface area is 161 Å². The number of rotatable bonds is 4. The first-order chi connectivity index (χ1) is 12.7. The van der Waals surface area contributed by atoms with E-state index in [1.54, 1.807) is 6.08 Å². The monoisotopic (exact) mass is 378 g/mol. The fourth-order valence-corrected chi connectivity index (χ4v) is 6.70. The fourth-order valence-electron chi connectivity index (χ4n) is 6.70. The Bertz CT molecular complexity index is 672. The van der Waals surface area contributed by atoms with Crippen LogP contribution in [-0.4, -0.2) is 57.6 Å². The summed E-state index contributed by atoms with van der Waals surface area (Å²) in [5.74, 6) is 0.651. The van der Waals surface area contributed by atoms with E-state index in [1.165, 1.54) is 5.57 Å². The van der Waals surface area contributed by atoms with E-state index in [0.29, 0.717) is 17.9 Å². The minimum Gasteiger partial charge on any atom is -0.396 e. The van der Waals surface area contributed by atoms with Crippen molar-refractivity contribution in [2.24, 2.45) is 22.7 Å². The lowest BCUT2D eigenvalue weighted by atomic mass is 9.47. The van der Waals surface area contributed by atoms with Gasteiger partial charge in [0.25, 0.3) is 0 Å². The van der Waals surface area contributed by atoms with E-state index in [9.17, 15) is 20.4 Å². The van der Waals surface area contributed by atoms with Crippen molar-refractivity contribution in [3.05, 3.63) is 23.3 Å². The van der Waals surface area contributed by atoms with E-state index in [-0.39, 0.29) is 30.0 Å². The van der Waals surface area contributed by atoms with Crippen LogP contribution < -0.4 is 0 Å². The fraction of sp³-hybridized carbons (Fsp3) is 0.818. The van der Waals surface area contributed by atoms with Crippen molar-refractivity contribution in [1.82, 2.24) is 0 Å². The number of aliphatic hydroxyl groups excluding tert-OH is 4. The Morgan fingerprint density at radius 2 is 1.93 bits per heavy atom. The minimum absolute atomic E-state index is 0.0471. The highest BCUT2D eigenvalue weighted by molar-refractivity contribution is 5.33. The van der Waals surface area contributed by atoms with Gasteiger partial charge in [0.15, 0.2) is 0 Å². The Hall–Kier alpha value is -0.720. The van der Waals surface area contributed by atoms with Gasteiger partial charge in [-0.25, -0.2) is 0 Å². The van der Waals surface area contributed by atoms with Gasteiger partial charge in [0.1, 0.15) is 23.9 Å². The van der Waals surface area contributed by atoms with Crippen LogP contribution in [0.4, 0.5) is 0 Å². The zero-order valence-electron chi connectivity index (χ0n) is 16.7. The maximum Gasteiger partial charge on any atom is 0.128 e. The number of fused-ring (bicyclic) bond motifs is 2. The number of allylic oxidation sites excluding steroid dienone is 2. The van der Waals surface area contributed by atoms with Crippen LogP contribution in [0.5, 0.6) is 0 Å². The lowest BCUT2D eigenvalue weighted by Crippen LogP contribution is -2.53. The molecule has 5 heteroatoms. The molecule has 8 atom stereocenters. The van der Waals surface area contributed by atoms with Gasteiger partial charge in [-0.3, -0.25) is 0 Å². The molecule has 4 N–H and O–H groups in total. The minimum atomic E-state index is -0.844. The molecule has 4 aliphatic rings. The summed E-state index contributed by atoms with van der Waals surface area (Å²) < 4.78 is 5.94. The van der Waals surface area contributed by atoms with Crippen LogP contribution in [-0.2, 0) is 4.74 Å². The van der Waals surface area contributed by atoms with Crippen LogP contribution in [0.25, 0.3) is 0 Å². The van der Waals surface area contributed by atoms with Crippen LogP contribution in [0, 0.1) is 22.7 Å². The van der Waals surface area contributed by atoms with Gasteiger partial charge >= 0.3 is 0 Å². The summed E-state index contributed by atoms with van der Waals surface area (Å²) in [6.45, 7) is 6.68. The number of ether oxygens (including phenoxy) is 1. The molecule has 0 unspecified atom stereocenters. The number of hydrogen-bond donors (Lipinski definition) is 4. The summed E-state index contributed by atoms with van der Waals surface area (Å²) in [4.78, 5) is 0. The van der Waals surface area contributed by atoms with Crippen molar-refractivity contribution >= 4 is 0 Å². The molecule has 0 amide bonds. The van der Waals surface area contributed by atoms with Crippen molar-refractivity contribution in [2.75, 3.05) is 13.2 Å². The largest absolute Gasteiger partial charge is 0.396 e. The van der Waals surface area contributed by atoms with Crippen LogP contribution in [0.3, 0.4) is 0 Å². The lowest BCUT2D eigenvalue weighted by Gasteiger charge is -2.57. The van der Waals surface area contributed by atoms with Crippen molar-refractivity contribution in [3.8, 4) is 0 Å². The topological polar surface area (TPSA) is 93.5 Å². The van der Waals surface area contributed by atoms with E-state index in [4.69, 9.17) is 4.74 Å². The Balaban J connectivity index is 1.65. The highest BCUT2D eigenvalue weighted by Crippen LogP contribution is 2.63. The van der Waals surface area contributed by atoms with Crippen LogP contribution in [0.15, 0.2) is 23.3 Å². The summed E-state index contributed by atoms with van der Waals surface area (Å²) in [7, 11) is 0. The molecule has 152 valence electrons. The number of aliphatic hydroxyl groups is 4. The third-order valence-corrected chi connectivity index (χ3v) is 8.50. The normalized spacial score (nSPS) is 51.7. The summed E-state index contributed by atoms with van der Waals surface area (Å²) in [6, 6.07) is 0. The lowest BCUT2D eigenvalue weighted by molar-refractivity contribution is -0.0808. The van der Waals surface area contributed by atoms with Gasteiger partial charge in [0.05, 0.1) is 6.61 Å².